The standard InChI is InChI=1S/C12H12BO2/c14-13-10-6-8-12(9-7-10)15-11-4-2-1-3-5-11/h1-6,8-10,14H,7H2. The highest BCUT2D eigenvalue weighted by molar-refractivity contribution is 6.28. The van der Waals surface area contributed by atoms with Gasteiger partial charge in [0, 0.05) is 0 Å². The summed E-state index contributed by atoms with van der Waals surface area (Å²) >= 11 is 0. The first-order valence-corrected chi connectivity index (χ1v) is 4.97. The molecule has 1 aliphatic carbocycles. The van der Waals surface area contributed by atoms with Gasteiger partial charge >= 0.3 is 0 Å². The van der Waals surface area contributed by atoms with Crippen LogP contribution in [-0.2, 0) is 0 Å². The lowest BCUT2D eigenvalue weighted by atomic mass is 9.76. The third-order valence-corrected chi connectivity index (χ3v) is 2.27. The van der Waals surface area contributed by atoms with Crippen molar-refractivity contribution in [1.29, 1.82) is 0 Å². The van der Waals surface area contributed by atoms with E-state index in [2.05, 4.69) is 0 Å². The highest BCUT2D eigenvalue weighted by Gasteiger charge is 2.09. The van der Waals surface area contributed by atoms with Crippen LogP contribution in [0.5, 0.6) is 5.75 Å². The molecule has 1 atom stereocenters. The van der Waals surface area contributed by atoms with E-state index in [-0.39, 0.29) is 5.82 Å². The summed E-state index contributed by atoms with van der Waals surface area (Å²) in [5.74, 6) is 1.78. The van der Waals surface area contributed by atoms with E-state index < -0.39 is 0 Å². The Hall–Kier alpha value is -1.48. The van der Waals surface area contributed by atoms with Crippen LogP contribution in [0.1, 0.15) is 6.42 Å². The van der Waals surface area contributed by atoms with Gasteiger partial charge in [0.05, 0.1) is 0 Å². The number of hydrogen-bond donors (Lipinski definition) is 1. The molecule has 2 rings (SSSR count). The van der Waals surface area contributed by atoms with Gasteiger partial charge in [-0.05, 0) is 36.5 Å². The summed E-state index contributed by atoms with van der Waals surface area (Å²) in [4.78, 5) is 0. The summed E-state index contributed by atoms with van der Waals surface area (Å²) in [5, 5.41) is 8.82. The van der Waals surface area contributed by atoms with E-state index in [9.17, 15) is 0 Å². The fourth-order valence-electron chi connectivity index (χ4n) is 1.43. The van der Waals surface area contributed by atoms with Crippen LogP contribution in [0.25, 0.3) is 0 Å². The van der Waals surface area contributed by atoms with Gasteiger partial charge in [-0.3, -0.25) is 0 Å². The Balaban J connectivity index is 1.98. The average molecular weight is 199 g/mol. The van der Waals surface area contributed by atoms with Crippen LogP contribution in [0, 0.1) is 0 Å². The maximum absolute atomic E-state index is 8.82. The molecule has 0 saturated heterocycles. The van der Waals surface area contributed by atoms with Gasteiger partial charge in [0.15, 0.2) is 0 Å². The highest BCUT2D eigenvalue weighted by atomic mass is 16.5. The van der Waals surface area contributed by atoms with E-state index in [1.54, 1.807) is 0 Å². The maximum atomic E-state index is 8.82. The quantitative estimate of drug-likeness (QED) is 0.756. The number of benzene rings is 1. The van der Waals surface area contributed by atoms with Crippen LogP contribution >= 0.6 is 0 Å². The Morgan fingerprint density at radius 2 is 2.07 bits per heavy atom. The second-order valence-corrected chi connectivity index (χ2v) is 3.43. The number of allylic oxidation sites excluding steroid dienone is 3. The highest BCUT2D eigenvalue weighted by Crippen LogP contribution is 2.22. The molecule has 2 nitrogen and oxygen atoms in total. The second-order valence-electron chi connectivity index (χ2n) is 3.43. The van der Waals surface area contributed by atoms with Gasteiger partial charge in [-0.2, -0.15) is 0 Å². The molecule has 0 spiro atoms. The number of para-hydroxylation sites is 1. The van der Waals surface area contributed by atoms with Gasteiger partial charge in [0.1, 0.15) is 11.5 Å². The summed E-state index contributed by atoms with van der Waals surface area (Å²) in [7, 11) is 1.20. The molecule has 1 N–H and O–H groups in total. The zero-order valence-electron chi connectivity index (χ0n) is 8.34. The van der Waals surface area contributed by atoms with Crippen molar-refractivity contribution < 1.29 is 9.76 Å². The van der Waals surface area contributed by atoms with Crippen molar-refractivity contribution in [2.24, 2.45) is 0 Å². The zero-order valence-corrected chi connectivity index (χ0v) is 8.34. The van der Waals surface area contributed by atoms with E-state index >= 15 is 0 Å². The van der Waals surface area contributed by atoms with Crippen molar-refractivity contribution in [2.45, 2.75) is 12.2 Å². The van der Waals surface area contributed by atoms with E-state index in [1.807, 2.05) is 48.6 Å². The van der Waals surface area contributed by atoms with Gasteiger partial charge in [0.25, 0.3) is 7.48 Å². The van der Waals surface area contributed by atoms with Gasteiger partial charge in [-0.25, -0.2) is 0 Å². The monoisotopic (exact) mass is 199 g/mol. The molecule has 0 fully saturated rings. The number of hydrogen-bond acceptors (Lipinski definition) is 2. The Kier molecular flexibility index (Phi) is 3.25. The van der Waals surface area contributed by atoms with E-state index in [1.165, 1.54) is 7.48 Å². The average Bonchev–Trinajstić information content (AvgIpc) is 2.31. The normalized spacial score (nSPS) is 19.5. The van der Waals surface area contributed by atoms with Gasteiger partial charge < -0.3 is 9.76 Å². The molecular weight excluding hydrogens is 187 g/mol. The van der Waals surface area contributed by atoms with Crippen molar-refractivity contribution in [3.05, 3.63) is 54.3 Å². The minimum Gasteiger partial charge on any atom is -0.458 e. The van der Waals surface area contributed by atoms with Crippen molar-refractivity contribution in [2.75, 3.05) is 0 Å². The Morgan fingerprint density at radius 3 is 2.67 bits per heavy atom. The summed E-state index contributed by atoms with van der Waals surface area (Å²) in [6, 6.07) is 9.66. The summed E-state index contributed by atoms with van der Waals surface area (Å²) < 4.78 is 5.63. The predicted molar refractivity (Wildman–Crippen MR) is 60.6 cm³/mol. The Bertz CT molecular complexity index is 370. The Morgan fingerprint density at radius 1 is 1.27 bits per heavy atom. The van der Waals surface area contributed by atoms with Gasteiger partial charge in [-0.15, -0.1) is 0 Å². The fraction of sp³-hybridized carbons (Fsp3) is 0.167. The third-order valence-electron chi connectivity index (χ3n) is 2.27. The largest absolute Gasteiger partial charge is 0.458 e. The smallest absolute Gasteiger partial charge is 0.295 e. The van der Waals surface area contributed by atoms with Crippen molar-refractivity contribution in [3.8, 4) is 5.75 Å². The SMILES string of the molecule is O[B]C1C=CC(Oc2ccccc2)=CC1. The van der Waals surface area contributed by atoms with Crippen LogP contribution in [0.15, 0.2) is 54.3 Å². The second kappa shape index (κ2) is 4.85. The molecule has 0 aromatic heterocycles. The van der Waals surface area contributed by atoms with E-state index in [0.29, 0.717) is 0 Å². The molecule has 0 heterocycles. The molecule has 75 valence electrons. The van der Waals surface area contributed by atoms with Gasteiger partial charge in [0.2, 0.25) is 0 Å². The Labute approximate surface area is 90.2 Å². The summed E-state index contributed by atoms with van der Waals surface area (Å²) in [6.07, 6.45) is 6.58. The van der Waals surface area contributed by atoms with Crippen molar-refractivity contribution >= 4 is 7.48 Å². The molecule has 15 heavy (non-hydrogen) atoms. The lowest BCUT2D eigenvalue weighted by Crippen LogP contribution is -2.04. The molecule has 1 radical (unpaired) electrons. The van der Waals surface area contributed by atoms with Crippen molar-refractivity contribution in [3.63, 3.8) is 0 Å². The van der Waals surface area contributed by atoms with Crippen LogP contribution in [0.2, 0.25) is 5.82 Å². The lowest BCUT2D eigenvalue weighted by molar-refractivity contribution is 0.438. The van der Waals surface area contributed by atoms with Crippen LogP contribution in [0.3, 0.4) is 0 Å². The van der Waals surface area contributed by atoms with Crippen molar-refractivity contribution in [1.82, 2.24) is 0 Å². The minimum atomic E-state index is 0.119. The van der Waals surface area contributed by atoms with E-state index in [4.69, 9.17) is 9.76 Å². The molecule has 0 aliphatic heterocycles. The molecule has 0 bridgehead atoms. The lowest BCUT2D eigenvalue weighted by Gasteiger charge is -2.13. The number of ether oxygens (including phenoxy) is 1. The van der Waals surface area contributed by atoms with Gasteiger partial charge in [-0.1, -0.05) is 24.3 Å². The topological polar surface area (TPSA) is 29.5 Å². The molecule has 1 aliphatic rings. The predicted octanol–water partition coefficient (Wildman–Crippen LogP) is 2.31. The fourth-order valence-corrected chi connectivity index (χ4v) is 1.43. The summed E-state index contributed by atoms with van der Waals surface area (Å²) in [5.41, 5.74) is 0. The molecular formula is C12H12BO2. The molecule has 1 aromatic rings. The van der Waals surface area contributed by atoms with Crippen LogP contribution in [-0.4, -0.2) is 12.5 Å². The van der Waals surface area contributed by atoms with Crippen LogP contribution < -0.4 is 4.74 Å². The molecule has 1 unspecified atom stereocenters. The first-order chi connectivity index (χ1) is 7.38. The number of rotatable bonds is 3. The molecule has 0 amide bonds. The zero-order chi connectivity index (χ0) is 10.5. The first kappa shape index (κ1) is 10.1. The molecule has 3 heteroatoms. The minimum absolute atomic E-state index is 0.119. The first-order valence-electron chi connectivity index (χ1n) is 4.97. The van der Waals surface area contributed by atoms with E-state index in [0.717, 1.165) is 17.9 Å². The van der Waals surface area contributed by atoms with Crippen LogP contribution in [0.4, 0.5) is 0 Å². The maximum Gasteiger partial charge on any atom is 0.295 e. The molecule has 0 saturated carbocycles. The third kappa shape index (κ3) is 2.73. The summed E-state index contributed by atoms with van der Waals surface area (Å²) in [6.45, 7) is 0. The molecule has 1 aromatic carbocycles.